The second-order valence-electron chi connectivity index (χ2n) is 4.08. The Morgan fingerprint density at radius 1 is 1.41 bits per heavy atom. The van der Waals surface area contributed by atoms with E-state index < -0.39 is 0 Å². The lowest BCUT2D eigenvalue weighted by Gasteiger charge is -2.16. The van der Waals surface area contributed by atoms with Crippen molar-refractivity contribution in [2.45, 2.75) is 12.8 Å². The van der Waals surface area contributed by atoms with Crippen LogP contribution < -0.4 is 4.74 Å². The quantitative estimate of drug-likeness (QED) is 0.746. The van der Waals surface area contributed by atoms with Gasteiger partial charge in [0.1, 0.15) is 5.75 Å². The number of carbonyl (C=O) groups excluding carboxylic acids is 1. The van der Waals surface area contributed by atoms with E-state index in [-0.39, 0.29) is 5.78 Å². The molecule has 0 bridgehead atoms. The SMILES string of the molecule is CN(C)C(=S)Oc1ccc(Br)c2c1C(=O)CC2. The van der Waals surface area contributed by atoms with Crippen LogP contribution in [0.25, 0.3) is 0 Å². The summed E-state index contributed by atoms with van der Waals surface area (Å²) >= 11 is 8.54. The number of carbonyl (C=O) groups is 1. The lowest BCUT2D eigenvalue weighted by Crippen LogP contribution is -2.25. The molecule has 3 nitrogen and oxygen atoms in total. The minimum absolute atomic E-state index is 0.123. The summed E-state index contributed by atoms with van der Waals surface area (Å²) in [4.78, 5) is 13.5. The van der Waals surface area contributed by atoms with Gasteiger partial charge in [0, 0.05) is 25.0 Å². The van der Waals surface area contributed by atoms with Gasteiger partial charge >= 0.3 is 0 Å². The van der Waals surface area contributed by atoms with Gasteiger partial charge in [-0.05, 0) is 36.3 Å². The average molecular weight is 314 g/mol. The molecule has 1 aliphatic rings. The summed E-state index contributed by atoms with van der Waals surface area (Å²) in [5.41, 5.74) is 1.69. The highest BCUT2D eigenvalue weighted by Gasteiger charge is 2.26. The molecule has 0 saturated carbocycles. The van der Waals surface area contributed by atoms with Gasteiger partial charge in [-0.25, -0.2) is 0 Å². The number of thiocarbonyl (C=S) groups is 1. The van der Waals surface area contributed by atoms with Crippen LogP contribution in [0.15, 0.2) is 16.6 Å². The summed E-state index contributed by atoms with van der Waals surface area (Å²) in [6, 6.07) is 3.67. The summed E-state index contributed by atoms with van der Waals surface area (Å²) in [7, 11) is 3.62. The number of Topliss-reactive ketones (excluding diaryl/α,β-unsaturated/α-hetero) is 1. The van der Waals surface area contributed by atoms with Crippen LogP contribution in [-0.4, -0.2) is 30.0 Å². The predicted molar refractivity (Wildman–Crippen MR) is 73.7 cm³/mol. The van der Waals surface area contributed by atoms with Crippen molar-refractivity contribution in [1.82, 2.24) is 4.90 Å². The number of hydrogen-bond donors (Lipinski definition) is 0. The highest BCUT2D eigenvalue weighted by Crippen LogP contribution is 2.35. The van der Waals surface area contributed by atoms with Crippen LogP contribution in [0.3, 0.4) is 0 Å². The Labute approximate surface area is 114 Å². The van der Waals surface area contributed by atoms with Crippen molar-refractivity contribution in [3.63, 3.8) is 0 Å². The molecule has 0 N–H and O–H groups in total. The number of fused-ring (bicyclic) bond motifs is 1. The van der Waals surface area contributed by atoms with Crippen LogP contribution in [0, 0.1) is 0 Å². The van der Waals surface area contributed by atoms with Crippen LogP contribution in [0.5, 0.6) is 5.75 Å². The molecule has 0 fully saturated rings. The number of ether oxygens (including phenoxy) is 1. The first-order valence-corrected chi connectivity index (χ1v) is 6.44. The lowest BCUT2D eigenvalue weighted by molar-refractivity contribution is 0.0993. The molecule has 0 unspecified atom stereocenters. The van der Waals surface area contributed by atoms with Crippen molar-refractivity contribution in [2.24, 2.45) is 0 Å². The zero-order chi connectivity index (χ0) is 12.6. The van der Waals surface area contributed by atoms with Crippen LogP contribution in [0.1, 0.15) is 22.3 Å². The topological polar surface area (TPSA) is 29.5 Å². The molecule has 0 amide bonds. The van der Waals surface area contributed by atoms with Crippen LogP contribution >= 0.6 is 28.1 Å². The van der Waals surface area contributed by atoms with Crippen LogP contribution in [0.2, 0.25) is 0 Å². The molecule has 0 saturated heterocycles. The molecule has 17 heavy (non-hydrogen) atoms. The number of ketones is 1. The Balaban J connectivity index is 2.40. The molecule has 0 radical (unpaired) electrons. The minimum atomic E-state index is 0.123. The van der Waals surface area contributed by atoms with E-state index in [1.54, 1.807) is 11.0 Å². The first-order chi connectivity index (χ1) is 8.00. The van der Waals surface area contributed by atoms with Crippen molar-refractivity contribution in [3.8, 4) is 5.75 Å². The number of benzene rings is 1. The van der Waals surface area contributed by atoms with Gasteiger partial charge in [-0.3, -0.25) is 4.79 Å². The zero-order valence-electron chi connectivity index (χ0n) is 9.62. The summed E-state index contributed by atoms with van der Waals surface area (Å²) < 4.78 is 6.52. The molecule has 1 aromatic rings. The molecular weight excluding hydrogens is 302 g/mol. The van der Waals surface area contributed by atoms with E-state index in [1.807, 2.05) is 20.2 Å². The molecular formula is C12H12BrNO2S. The summed E-state index contributed by atoms with van der Waals surface area (Å²) in [6.45, 7) is 0. The largest absolute Gasteiger partial charge is 0.431 e. The van der Waals surface area contributed by atoms with Gasteiger partial charge < -0.3 is 9.64 Å². The Bertz CT molecular complexity index is 500. The fraction of sp³-hybridized carbons (Fsp3) is 0.333. The van der Waals surface area contributed by atoms with Crippen molar-refractivity contribution < 1.29 is 9.53 Å². The molecule has 0 atom stereocenters. The lowest BCUT2D eigenvalue weighted by atomic mass is 10.1. The highest BCUT2D eigenvalue weighted by molar-refractivity contribution is 9.10. The number of rotatable bonds is 1. The third kappa shape index (κ3) is 2.35. The third-order valence-electron chi connectivity index (χ3n) is 2.66. The number of hydrogen-bond acceptors (Lipinski definition) is 3. The minimum Gasteiger partial charge on any atom is -0.431 e. The van der Waals surface area contributed by atoms with E-state index >= 15 is 0 Å². The van der Waals surface area contributed by atoms with Crippen LogP contribution in [0.4, 0.5) is 0 Å². The van der Waals surface area contributed by atoms with E-state index in [4.69, 9.17) is 17.0 Å². The standard InChI is InChI=1S/C12H12BrNO2S/c1-14(2)12(17)16-10-6-4-8(13)7-3-5-9(15)11(7)10/h4,6H,3,5H2,1-2H3. The fourth-order valence-corrected chi connectivity index (χ4v) is 2.40. The summed E-state index contributed by atoms with van der Waals surface area (Å²) in [5.74, 6) is 0.683. The second-order valence-corrected chi connectivity index (χ2v) is 5.29. The predicted octanol–water partition coefficient (Wildman–Crippen LogP) is 2.80. The first-order valence-electron chi connectivity index (χ1n) is 5.24. The van der Waals surface area contributed by atoms with Gasteiger partial charge in [0.2, 0.25) is 0 Å². The van der Waals surface area contributed by atoms with Gasteiger partial charge in [-0.15, -0.1) is 0 Å². The van der Waals surface area contributed by atoms with Crippen molar-refractivity contribution in [2.75, 3.05) is 14.1 Å². The average Bonchev–Trinajstić information content (AvgIpc) is 2.66. The van der Waals surface area contributed by atoms with E-state index in [2.05, 4.69) is 15.9 Å². The smallest absolute Gasteiger partial charge is 0.264 e. The monoisotopic (exact) mass is 313 g/mol. The molecule has 2 rings (SSSR count). The Hall–Kier alpha value is -0.940. The maximum absolute atomic E-state index is 11.8. The number of nitrogens with zero attached hydrogens (tertiary/aromatic N) is 1. The third-order valence-corrected chi connectivity index (χ3v) is 3.85. The molecule has 90 valence electrons. The molecule has 0 aromatic heterocycles. The van der Waals surface area contributed by atoms with E-state index in [1.165, 1.54) is 0 Å². The van der Waals surface area contributed by atoms with E-state index in [0.29, 0.717) is 22.9 Å². The second kappa shape index (κ2) is 4.74. The van der Waals surface area contributed by atoms with Gasteiger partial charge in [0.15, 0.2) is 5.78 Å². The Morgan fingerprint density at radius 2 is 2.12 bits per heavy atom. The Morgan fingerprint density at radius 3 is 2.76 bits per heavy atom. The maximum atomic E-state index is 11.8. The molecule has 1 aromatic carbocycles. The maximum Gasteiger partial charge on any atom is 0.264 e. The molecule has 0 heterocycles. The van der Waals surface area contributed by atoms with Gasteiger partial charge in [-0.2, -0.15) is 0 Å². The van der Waals surface area contributed by atoms with Crippen molar-refractivity contribution in [1.29, 1.82) is 0 Å². The highest BCUT2D eigenvalue weighted by atomic mass is 79.9. The van der Waals surface area contributed by atoms with Gasteiger partial charge in [0.05, 0.1) is 5.56 Å². The summed E-state index contributed by atoms with van der Waals surface area (Å²) in [6.07, 6.45) is 1.31. The zero-order valence-corrected chi connectivity index (χ0v) is 12.0. The van der Waals surface area contributed by atoms with E-state index in [9.17, 15) is 4.79 Å². The van der Waals surface area contributed by atoms with Crippen LogP contribution in [-0.2, 0) is 6.42 Å². The normalized spacial score (nSPS) is 13.5. The molecule has 0 aliphatic heterocycles. The van der Waals surface area contributed by atoms with E-state index in [0.717, 1.165) is 16.5 Å². The first kappa shape index (κ1) is 12.5. The Kier molecular flexibility index (Phi) is 3.49. The molecule has 0 spiro atoms. The molecule has 1 aliphatic carbocycles. The fourth-order valence-electron chi connectivity index (χ4n) is 1.78. The van der Waals surface area contributed by atoms with Gasteiger partial charge in [-0.1, -0.05) is 15.9 Å². The van der Waals surface area contributed by atoms with Crippen molar-refractivity contribution in [3.05, 3.63) is 27.7 Å². The molecule has 5 heteroatoms. The summed E-state index contributed by atoms with van der Waals surface area (Å²) in [5, 5.41) is 0.356. The number of halogens is 1. The van der Waals surface area contributed by atoms with Crippen molar-refractivity contribution >= 4 is 39.1 Å². The van der Waals surface area contributed by atoms with Gasteiger partial charge in [0.25, 0.3) is 5.17 Å².